The molecule has 0 spiro atoms. The summed E-state index contributed by atoms with van der Waals surface area (Å²) in [6.45, 7) is 0. The Hall–Kier alpha value is -1.80. The maximum Gasteiger partial charge on any atom is 0.239 e. The Morgan fingerprint density at radius 3 is 2.72 bits per heavy atom. The molecule has 0 aliphatic heterocycles. The Balaban J connectivity index is 1.96. The molecule has 0 saturated carbocycles. The van der Waals surface area contributed by atoms with Gasteiger partial charge < -0.3 is 5.32 Å². The summed E-state index contributed by atoms with van der Waals surface area (Å²) in [5.41, 5.74) is 5.96. The Morgan fingerprint density at radius 2 is 1.89 bits per heavy atom. The molecule has 1 aliphatic carbocycles. The van der Waals surface area contributed by atoms with E-state index >= 15 is 0 Å². The molecule has 0 bridgehead atoms. The summed E-state index contributed by atoms with van der Waals surface area (Å²) >= 11 is 5.48. The molecule has 3 rings (SSSR count). The van der Waals surface area contributed by atoms with E-state index in [-0.39, 0.29) is 11.8 Å². The zero-order chi connectivity index (χ0) is 12.5. The van der Waals surface area contributed by atoms with Crippen molar-refractivity contribution in [3.05, 3.63) is 53.6 Å². The molecule has 2 nitrogen and oxygen atoms in total. The van der Waals surface area contributed by atoms with E-state index in [4.69, 9.17) is 11.6 Å². The molecule has 0 unspecified atom stereocenters. The van der Waals surface area contributed by atoms with Crippen LogP contribution in [-0.4, -0.2) is 11.8 Å². The second-order valence-corrected chi connectivity index (χ2v) is 4.65. The topological polar surface area (TPSA) is 29.1 Å². The van der Waals surface area contributed by atoms with Crippen LogP contribution in [0.5, 0.6) is 0 Å². The molecule has 0 radical (unpaired) electrons. The summed E-state index contributed by atoms with van der Waals surface area (Å²) in [7, 11) is 0. The molecule has 0 atom stereocenters. The van der Waals surface area contributed by atoms with Gasteiger partial charge >= 0.3 is 0 Å². The van der Waals surface area contributed by atoms with E-state index < -0.39 is 0 Å². The van der Waals surface area contributed by atoms with Crippen molar-refractivity contribution >= 4 is 23.2 Å². The van der Waals surface area contributed by atoms with Crippen LogP contribution in [-0.2, 0) is 11.2 Å². The number of carbonyl (C=O) groups excluding carboxylic acids is 1. The zero-order valence-electron chi connectivity index (χ0n) is 9.74. The molecule has 1 amide bonds. The molecule has 2 aromatic rings. The van der Waals surface area contributed by atoms with Gasteiger partial charge in [0.15, 0.2) is 0 Å². The lowest BCUT2D eigenvalue weighted by atomic mass is 10.1. The van der Waals surface area contributed by atoms with E-state index in [1.165, 1.54) is 22.3 Å². The molecule has 90 valence electrons. The molecule has 0 heterocycles. The number of nitrogens with one attached hydrogen (secondary N) is 1. The third-order valence-corrected chi connectivity index (χ3v) is 3.44. The number of hydrogen-bond acceptors (Lipinski definition) is 1. The van der Waals surface area contributed by atoms with Crippen molar-refractivity contribution in [2.45, 2.75) is 6.42 Å². The molecule has 2 aromatic carbocycles. The maximum atomic E-state index is 11.3. The van der Waals surface area contributed by atoms with Crippen LogP contribution in [0.1, 0.15) is 11.1 Å². The monoisotopic (exact) mass is 257 g/mol. The fourth-order valence-electron chi connectivity index (χ4n) is 2.42. The Labute approximate surface area is 111 Å². The molecular formula is C15H12ClNO. The highest BCUT2D eigenvalue weighted by atomic mass is 35.5. The van der Waals surface area contributed by atoms with Gasteiger partial charge in [-0.3, -0.25) is 4.79 Å². The van der Waals surface area contributed by atoms with Crippen molar-refractivity contribution in [1.29, 1.82) is 0 Å². The van der Waals surface area contributed by atoms with Gasteiger partial charge in [0.1, 0.15) is 5.88 Å². The van der Waals surface area contributed by atoms with Gasteiger partial charge in [-0.25, -0.2) is 0 Å². The highest BCUT2D eigenvalue weighted by molar-refractivity contribution is 6.29. The fraction of sp³-hybridized carbons (Fsp3) is 0.133. The quantitative estimate of drug-likeness (QED) is 0.700. The normalized spacial score (nSPS) is 11.8. The average Bonchev–Trinajstić information content (AvgIpc) is 2.76. The Kier molecular flexibility index (Phi) is 2.80. The summed E-state index contributed by atoms with van der Waals surface area (Å²) in [6.07, 6.45) is 0.927. The molecule has 1 N–H and O–H groups in total. The number of alkyl halides is 1. The lowest BCUT2D eigenvalue weighted by Gasteiger charge is -2.06. The largest absolute Gasteiger partial charge is 0.325 e. The maximum absolute atomic E-state index is 11.3. The molecule has 0 fully saturated rings. The number of hydrogen-bond donors (Lipinski definition) is 1. The molecule has 1 aliphatic rings. The van der Waals surface area contributed by atoms with Crippen molar-refractivity contribution in [3.8, 4) is 11.1 Å². The van der Waals surface area contributed by atoms with Crippen molar-refractivity contribution in [1.82, 2.24) is 0 Å². The first-order valence-electron chi connectivity index (χ1n) is 5.85. The highest BCUT2D eigenvalue weighted by Crippen LogP contribution is 2.37. The third kappa shape index (κ3) is 1.89. The molecular weight excluding hydrogens is 246 g/mol. The summed E-state index contributed by atoms with van der Waals surface area (Å²) < 4.78 is 0. The zero-order valence-corrected chi connectivity index (χ0v) is 10.5. The van der Waals surface area contributed by atoms with E-state index in [1.807, 2.05) is 12.1 Å². The van der Waals surface area contributed by atoms with E-state index in [0.717, 1.165) is 12.1 Å². The second-order valence-electron chi connectivity index (χ2n) is 4.39. The summed E-state index contributed by atoms with van der Waals surface area (Å²) in [5, 5.41) is 2.78. The van der Waals surface area contributed by atoms with Gasteiger partial charge in [0, 0.05) is 5.69 Å². The SMILES string of the molecule is O=C(CCl)Nc1ccc2c(c1)Cc1ccccc1-2. The van der Waals surface area contributed by atoms with Crippen LogP contribution < -0.4 is 5.32 Å². The van der Waals surface area contributed by atoms with E-state index in [2.05, 4.69) is 35.6 Å². The smallest absolute Gasteiger partial charge is 0.239 e. The van der Waals surface area contributed by atoms with E-state index in [0.29, 0.717) is 0 Å². The number of rotatable bonds is 2. The van der Waals surface area contributed by atoms with Gasteiger partial charge in [-0.15, -0.1) is 11.6 Å². The van der Waals surface area contributed by atoms with Gasteiger partial charge in [-0.05, 0) is 40.8 Å². The summed E-state index contributed by atoms with van der Waals surface area (Å²) in [6, 6.07) is 14.4. The van der Waals surface area contributed by atoms with Crippen LogP contribution in [0.2, 0.25) is 0 Å². The highest BCUT2D eigenvalue weighted by Gasteiger charge is 2.17. The predicted molar refractivity (Wildman–Crippen MR) is 74.0 cm³/mol. The van der Waals surface area contributed by atoms with Crippen molar-refractivity contribution in [3.63, 3.8) is 0 Å². The number of anilines is 1. The minimum atomic E-state index is -0.174. The number of amides is 1. The number of carbonyl (C=O) groups is 1. The van der Waals surface area contributed by atoms with Crippen molar-refractivity contribution < 1.29 is 4.79 Å². The van der Waals surface area contributed by atoms with Gasteiger partial charge in [0.2, 0.25) is 5.91 Å². The van der Waals surface area contributed by atoms with Crippen LogP contribution >= 0.6 is 11.6 Å². The van der Waals surface area contributed by atoms with Crippen molar-refractivity contribution in [2.75, 3.05) is 11.2 Å². The molecule has 0 aromatic heterocycles. The molecule has 0 saturated heterocycles. The van der Waals surface area contributed by atoms with Crippen LogP contribution in [0.3, 0.4) is 0 Å². The van der Waals surface area contributed by atoms with Crippen LogP contribution in [0.25, 0.3) is 11.1 Å². The first kappa shape index (κ1) is 11.3. The first-order chi connectivity index (χ1) is 8.78. The lowest BCUT2D eigenvalue weighted by molar-refractivity contribution is -0.113. The summed E-state index contributed by atoms with van der Waals surface area (Å²) in [4.78, 5) is 11.3. The summed E-state index contributed by atoms with van der Waals surface area (Å²) in [5.74, 6) is -0.191. The van der Waals surface area contributed by atoms with Crippen LogP contribution in [0.15, 0.2) is 42.5 Å². The Morgan fingerprint density at radius 1 is 1.11 bits per heavy atom. The standard InChI is InChI=1S/C15H12ClNO/c16-9-15(18)17-12-5-6-14-11(8-12)7-10-3-1-2-4-13(10)14/h1-6,8H,7,9H2,(H,17,18). The number of halogens is 1. The minimum absolute atomic E-state index is 0.0166. The van der Waals surface area contributed by atoms with E-state index in [1.54, 1.807) is 0 Å². The second kappa shape index (κ2) is 4.46. The number of benzene rings is 2. The van der Waals surface area contributed by atoms with Crippen molar-refractivity contribution in [2.24, 2.45) is 0 Å². The fourth-order valence-corrected chi connectivity index (χ4v) is 2.48. The minimum Gasteiger partial charge on any atom is -0.325 e. The molecule has 18 heavy (non-hydrogen) atoms. The van der Waals surface area contributed by atoms with Gasteiger partial charge in [0.25, 0.3) is 0 Å². The van der Waals surface area contributed by atoms with Crippen LogP contribution in [0.4, 0.5) is 5.69 Å². The first-order valence-corrected chi connectivity index (χ1v) is 6.38. The average molecular weight is 258 g/mol. The number of fused-ring (bicyclic) bond motifs is 3. The van der Waals surface area contributed by atoms with Gasteiger partial charge in [-0.1, -0.05) is 30.3 Å². The van der Waals surface area contributed by atoms with Gasteiger partial charge in [0.05, 0.1) is 0 Å². The Bertz CT molecular complexity index is 622. The van der Waals surface area contributed by atoms with Gasteiger partial charge in [-0.2, -0.15) is 0 Å². The third-order valence-electron chi connectivity index (χ3n) is 3.20. The van der Waals surface area contributed by atoms with E-state index in [9.17, 15) is 4.79 Å². The lowest BCUT2D eigenvalue weighted by Crippen LogP contribution is -2.12. The predicted octanol–water partition coefficient (Wildman–Crippen LogP) is 3.44. The molecule has 3 heteroatoms. The van der Waals surface area contributed by atoms with Crippen LogP contribution in [0, 0.1) is 0 Å².